The molecular formula is C28H31F3N2O4. The number of benzene rings is 2. The summed E-state index contributed by atoms with van der Waals surface area (Å²) in [5, 5.41) is 2.98. The van der Waals surface area contributed by atoms with Gasteiger partial charge < -0.3 is 14.8 Å². The number of ether oxygens (including phenoxy) is 2. The Bertz CT molecular complexity index is 1220. The van der Waals surface area contributed by atoms with Crippen LogP contribution in [-0.2, 0) is 31.8 Å². The third-order valence-electron chi connectivity index (χ3n) is 6.21. The zero-order valence-corrected chi connectivity index (χ0v) is 21.5. The Kier molecular flexibility index (Phi) is 8.81. The maximum atomic E-state index is 13.5. The Morgan fingerprint density at radius 3 is 2.19 bits per heavy atom. The van der Waals surface area contributed by atoms with Crippen molar-refractivity contribution in [1.82, 2.24) is 10.2 Å². The van der Waals surface area contributed by atoms with Crippen LogP contribution in [0, 0.1) is 6.92 Å². The SMILES string of the molecule is COC(=O)C1=C(C)NC(C)=C(C(=O)OCCN(C)Cc2ccc(C)cc2)C1c1cccc(C(F)(F)F)c1. The van der Waals surface area contributed by atoms with E-state index in [2.05, 4.69) is 5.32 Å². The number of dihydropyridines is 1. The fourth-order valence-corrected chi connectivity index (χ4v) is 4.33. The van der Waals surface area contributed by atoms with E-state index in [4.69, 9.17) is 9.47 Å². The van der Waals surface area contributed by atoms with Crippen LogP contribution >= 0.6 is 0 Å². The van der Waals surface area contributed by atoms with Crippen LogP contribution < -0.4 is 5.32 Å². The van der Waals surface area contributed by atoms with E-state index in [1.807, 2.05) is 43.1 Å². The number of likely N-dealkylation sites (N-methyl/N-ethyl adjacent to an activating group) is 1. The van der Waals surface area contributed by atoms with E-state index >= 15 is 0 Å². The van der Waals surface area contributed by atoms with Gasteiger partial charge in [0.25, 0.3) is 0 Å². The number of aryl methyl sites for hydroxylation is 1. The van der Waals surface area contributed by atoms with Gasteiger partial charge in [-0.1, -0.05) is 48.0 Å². The number of nitrogens with zero attached hydrogens (tertiary/aromatic N) is 1. The Morgan fingerprint density at radius 2 is 1.59 bits per heavy atom. The number of rotatable bonds is 8. The number of hydrogen-bond donors (Lipinski definition) is 1. The third-order valence-corrected chi connectivity index (χ3v) is 6.21. The molecule has 0 saturated carbocycles. The minimum Gasteiger partial charge on any atom is -0.466 e. The summed E-state index contributed by atoms with van der Waals surface area (Å²) in [5.74, 6) is -2.55. The lowest BCUT2D eigenvalue weighted by Crippen LogP contribution is -2.33. The monoisotopic (exact) mass is 516 g/mol. The molecule has 1 aliphatic rings. The molecule has 1 aliphatic heterocycles. The molecule has 2 aromatic rings. The summed E-state index contributed by atoms with van der Waals surface area (Å²) in [6.45, 7) is 6.40. The van der Waals surface area contributed by atoms with E-state index < -0.39 is 29.6 Å². The van der Waals surface area contributed by atoms with Crippen LogP contribution in [0.25, 0.3) is 0 Å². The molecule has 1 heterocycles. The first-order chi connectivity index (χ1) is 17.4. The summed E-state index contributed by atoms with van der Waals surface area (Å²) < 4.78 is 50.8. The number of halogens is 3. The molecule has 6 nitrogen and oxygen atoms in total. The maximum absolute atomic E-state index is 13.5. The van der Waals surface area contributed by atoms with Crippen molar-refractivity contribution in [2.75, 3.05) is 27.3 Å². The van der Waals surface area contributed by atoms with Crippen LogP contribution in [0.3, 0.4) is 0 Å². The molecule has 0 aromatic heterocycles. The van der Waals surface area contributed by atoms with E-state index in [1.165, 1.54) is 19.2 Å². The van der Waals surface area contributed by atoms with Gasteiger partial charge in [0.05, 0.1) is 29.7 Å². The van der Waals surface area contributed by atoms with Crippen LogP contribution in [0.2, 0.25) is 0 Å². The predicted molar refractivity (Wildman–Crippen MR) is 133 cm³/mol. The van der Waals surface area contributed by atoms with Gasteiger partial charge in [0.2, 0.25) is 0 Å². The van der Waals surface area contributed by atoms with E-state index in [0.29, 0.717) is 24.5 Å². The fourth-order valence-electron chi connectivity index (χ4n) is 4.33. The average Bonchev–Trinajstić information content (AvgIpc) is 2.84. The Balaban J connectivity index is 1.84. The number of alkyl halides is 3. The van der Waals surface area contributed by atoms with Crippen LogP contribution in [0.4, 0.5) is 13.2 Å². The molecule has 1 atom stereocenters. The van der Waals surface area contributed by atoms with Crippen LogP contribution in [0.5, 0.6) is 0 Å². The predicted octanol–water partition coefficient (Wildman–Crippen LogP) is 5.10. The van der Waals surface area contributed by atoms with Crippen molar-refractivity contribution in [3.8, 4) is 0 Å². The van der Waals surface area contributed by atoms with Crippen molar-refractivity contribution in [2.45, 2.75) is 39.4 Å². The highest BCUT2D eigenvalue weighted by Gasteiger charge is 2.39. The second-order valence-electron chi connectivity index (χ2n) is 9.11. The minimum absolute atomic E-state index is 0.0517. The van der Waals surface area contributed by atoms with E-state index in [-0.39, 0.29) is 23.3 Å². The van der Waals surface area contributed by atoms with Crippen molar-refractivity contribution < 1.29 is 32.2 Å². The molecule has 0 aliphatic carbocycles. The van der Waals surface area contributed by atoms with Crippen molar-refractivity contribution >= 4 is 11.9 Å². The van der Waals surface area contributed by atoms with E-state index in [1.54, 1.807) is 13.8 Å². The minimum atomic E-state index is -4.59. The molecule has 0 spiro atoms. The van der Waals surface area contributed by atoms with Crippen molar-refractivity contribution in [1.29, 1.82) is 0 Å². The van der Waals surface area contributed by atoms with Crippen molar-refractivity contribution in [2.24, 2.45) is 0 Å². The van der Waals surface area contributed by atoms with Gasteiger partial charge in [0, 0.05) is 24.5 Å². The first-order valence-electron chi connectivity index (χ1n) is 11.8. The highest BCUT2D eigenvalue weighted by Crippen LogP contribution is 2.41. The standard InChI is InChI=1S/C28H31F3N2O4/c1-17-9-11-20(12-10-17)16-33(4)13-14-37-27(35)24-19(3)32-18(2)23(26(34)36-5)25(24)21-7-6-8-22(15-21)28(29,30)31/h6-12,15,25,32H,13-14,16H2,1-5H3. The molecule has 37 heavy (non-hydrogen) atoms. The second-order valence-corrected chi connectivity index (χ2v) is 9.11. The summed E-state index contributed by atoms with van der Waals surface area (Å²) in [5.41, 5.74) is 2.43. The third kappa shape index (κ3) is 6.80. The average molecular weight is 517 g/mol. The van der Waals surface area contributed by atoms with Gasteiger partial charge in [-0.15, -0.1) is 0 Å². The maximum Gasteiger partial charge on any atom is 0.416 e. The van der Waals surface area contributed by atoms with Gasteiger partial charge in [-0.3, -0.25) is 4.90 Å². The van der Waals surface area contributed by atoms with Gasteiger partial charge in [-0.25, -0.2) is 9.59 Å². The number of esters is 2. The van der Waals surface area contributed by atoms with Crippen molar-refractivity contribution in [3.05, 3.63) is 93.3 Å². The number of carbonyl (C=O) groups excluding carboxylic acids is 2. The molecular weight excluding hydrogens is 485 g/mol. The van der Waals surface area contributed by atoms with Crippen LogP contribution in [0.15, 0.2) is 71.1 Å². The molecule has 0 saturated heterocycles. The topological polar surface area (TPSA) is 67.9 Å². The summed E-state index contributed by atoms with van der Waals surface area (Å²) in [4.78, 5) is 28.0. The number of hydrogen-bond acceptors (Lipinski definition) is 6. The normalized spacial score (nSPS) is 16.1. The van der Waals surface area contributed by atoms with Gasteiger partial charge >= 0.3 is 18.1 Å². The number of methoxy groups -OCH3 is 1. The fraction of sp³-hybridized carbons (Fsp3) is 0.357. The lowest BCUT2D eigenvalue weighted by atomic mass is 9.80. The quantitative estimate of drug-likeness (QED) is 0.493. The Morgan fingerprint density at radius 1 is 0.973 bits per heavy atom. The van der Waals surface area contributed by atoms with Crippen molar-refractivity contribution in [3.63, 3.8) is 0 Å². The highest BCUT2D eigenvalue weighted by atomic mass is 19.4. The first-order valence-corrected chi connectivity index (χ1v) is 11.8. The number of carbonyl (C=O) groups is 2. The van der Waals surface area contributed by atoms with Crippen LogP contribution in [-0.4, -0.2) is 44.1 Å². The Labute approximate surface area is 214 Å². The molecule has 1 N–H and O–H groups in total. The molecule has 0 bridgehead atoms. The molecule has 9 heteroatoms. The van der Waals surface area contributed by atoms with Gasteiger partial charge in [-0.2, -0.15) is 13.2 Å². The van der Waals surface area contributed by atoms with E-state index in [0.717, 1.165) is 23.3 Å². The smallest absolute Gasteiger partial charge is 0.416 e. The zero-order valence-electron chi connectivity index (χ0n) is 21.5. The molecule has 0 fully saturated rings. The lowest BCUT2D eigenvalue weighted by molar-refractivity contribution is -0.140. The molecule has 0 amide bonds. The summed E-state index contributed by atoms with van der Waals surface area (Å²) in [7, 11) is 3.08. The Hall–Kier alpha value is -3.59. The molecule has 198 valence electrons. The highest BCUT2D eigenvalue weighted by molar-refractivity contribution is 5.99. The molecule has 3 rings (SSSR count). The largest absolute Gasteiger partial charge is 0.466 e. The van der Waals surface area contributed by atoms with E-state index in [9.17, 15) is 22.8 Å². The summed E-state index contributed by atoms with van der Waals surface area (Å²) in [6, 6.07) is 12.7. The first kappa shape index (κ1) is 28.0. The zero-order chi connectivity index (χ0) is 27.3. The lowest BCUT2D eigenvalue weighted by Gasteiger charge is -2.30. The molecule has 2 aromatic carbocycles. The molecule has 0 radical (unpaired) electrons. The second kappa shape index (κ2) is 11.6. The number of nitrogens with one attached hydrogen (secondary N) is 1. The van der Waals surface area contributed by atoms with Crippen LogP contribution in [0.1, 0.15) is 42.0 Å². The number of allylic oxidation sites excluding steroid dienone is 2. The van der Waals surface area contributed by atoms with Gasteiger partial charge in [0.15, 0.2) is 0 Å². The van der Waals surface area contributed by atoms with Gasteiger partial charge in [-0.05, 0) is 45.0 Å². The van der Waals surface area contributed by atoms with Gasteiger partial charge in [0.1, 0.15) is 6.61 Å². The summed E-state index contributed by atoms with van der Waals surface area (Å²) >= 11 is 0. The molecule has 1 unspecified atom stereocenters. The summed E-state index contributed by atoms with van der Waals surface area (Å²) in [6.07, 6.45) is -4.59.